The molecule has 65 heavy (non-hydrogen) atoms. The van der Waals surface area contributed by atoms with Gasteiger partial charge < -0.3 is 43.0 Å². The maximum Gasteiger partial charge on any atom is 0.338 e. The fraction of sp³-hybridized carbons (Fsp3) is 0.286. The number of thioether (sulfide) groups is 2. The number of esters is 5. The Morgan fingerprint density at radius 2 is 0.800 bits per heavy atom. The van der Waals surface area contributed by atoms with E-state index in [-0.39, 0.29) is 28.2 Å². The molecule has 2 heterocycles. The average Bonchev–Trinajstić information content (AvgIpc) is 3.32. The van der Waals surface area contributed by atoms with Gasteiger partial charge in [-0.05, 0) is 60.7 Å². The van der Waals surface area contributed by atoms with Crippen LogP contribution in [-0.4, -0.2) is 108 Å². The number of hydrogen-bond acceptors (Lipinski definition) is 16. The maximum absolute atomic E-state index is 14.2. The van der Waals surface area contributed by atoms with Gasteiger partial charge in [-0.15, -0.1) is 23.5 Å². The van der Waals surface area contributed by atoms with Gasteiger partial charge in [-0.1, -0.05) is 91.0 Å². The average molecular weight is 923 g/mol. The van der Waals surface area contributed by atoms with E-state index in [2.05, 4.69) is 0 Å². The van der Waals surface area contributed by atoms with Gasteiger partial charge in [-0.2, -0.15) is 0 Å². The second-order valence-electron chi connectivity index (χ2n) is 14.8. The van der Waals surface area contributed by atoms with E-state index in [4.69, 9.17) is 37.9 Å². The van der Waals surface area contributed by atoms with E-state index in [0.717, 1.165) is 23.6 Å². The smallest absolute Gasteiger partial charge is 0.338 e. The van der Waals surface area contributed by atoms with Crippen LogP contribution in [0.2, 0.25) is 0 Å². The first-order valence-corrected chi connectivity index (χ1v) is 22.6. The van der Waals surface area contributed by atoms with E-state index < -0.39 is 91.3 Å². The number of rotatable bonds is 16. The molecule has 14 nitrogen and oxygen atoms in total. The van der Waals surface area contributed by atoms with Crippen molar-refractivity contribution in [1.82, 2.24) is 0 Å². The Hall–Kier alpha value is -6.01. The molecule has 0 spiro atoms. The van der Waals surface area contributed by atoms with Crippen molar-refractivity contribution < 1.29 is 67.0 Å². The van der Waals surface area contributed by atoms with Crippen molar-refractivity contribution in [3.63, 3.8) is 0 Å². The van der Waals surface area contributed by atoms with E-state index in [1.54, 1.807) is 66.7 Å². The van der Waals surface area contributed by atoms with Gasteiger partial charge in [-0.3, -0.25) is 9.59 Å². The fourth-order valence-corrected chi connectivity index (χ4v) is 9.15. The van der Waals surface area contributed by atoms with Crippen molar-refractivity contribution in [3.05, 3.63) is 168 Å². The van der Waals surface area contributed by atoms with Gasteiger partial charge in [0.25, 0.3) is 0 Å². The Morgan fingerprint density at radius 1 is 0.446 bits per heavy atom. The zero-order valence-corrected chi connectivity index (χ0v) is 36.8. The van der Waals surface area contributed by atoms with E-state index in [1.165, 1.54) is 47.8 Å². The third kappa shape index (κ3) is 12.6. The lowest BCUT2D eigenvalue weighted by Crippen LogP contribution is -2.66. The van der Waals surface area contributed by atoms with Crippen LogP contribution in [0.15, 0.2) is 161 Å². The molecule has 16 heteroatoms. The molecule has 0 saturated carbocycles. The summed E-state index contributed by atoms with van der Waals surface area (Å²) in [6.45, 7) is 2.26. The highest BCUT2D eigenvalue weighted by Crippen LogP contribution is 2.38. The topological polar surface area (TPSA) is 179 Å². The molecular weight excluding hydrogens is 877 g/mol. The molecule has 7 rings (SSSR count). The Morgan fingerprint density at radius 3 is 1.23 bits per heavy atom. The van der Waals surface area contributed by atoms with Crippen LogP contribution in [-0.2, 0) is 47.5 Å². The van der Waals surface area contributed by atoms with Crippen LogP contribution in [0.5, 0.6) is 0 Å². The largest absolute Gasteiger partial charge is 0.455 e. The second-order valence-corrected chi connectivity index (χ2v) is 17.0. The van der Waals surface area contributed by atoms with Crippen molar-refractivity contribution in [2.75, 3.05) is 11.5 Å². The molecule has 2 aliphatic rings. The van der Waals surface area contributed by atoms with Gasteiger partial charge in [0.05, 0.1) is 16.7 Å². The molecule has 5 aromatic carbocycles. The van der Waals surface area contributed by atoms with Crippen molar-refractivity contribution in [2.24, 2.45) is 0 Å². The summed E-state index contributed by atoms with van der Waals surface area (Å²) in [7, 11) is 0. The molecule has 0 aromatic heterocycles. The first-order valence-electron chi connectivity index (χ1n) is 20.7. The summed E-state index contributed by atoms with van der Waals surface area (Å²) in [5.74, 6) is -3.96. The quantitative estimate of drug-likeness (QED) is 0.0611. The van der Waals surface area contributed by atoms with Crippen LogP contribution in [0.1, 0.15) is 44.9 Å². The standard InChI is InChI=1S/C49H46O14S2/c1-30(50)56-41-40(37(28-64-35-24-14-6-15-25-35)58-48(55)43(41)57-31(2)51)63-49-44(62-47(54)34-22-12-5-13-23-34)42(61-46(53)33-20-10-4-11-21-33)39(60-45(52)32-18-8-3-9-19-32)38(59-49)29-65-36-26-16-7-17-27-36/h3-27,37-44,48-49,55H,28-29H2,1-2H3/t37-,38-,39+,40-,41+,42+,43-,44-,48+,49+/m1/s1. The molecule has 0 radical (unpaired) electrons. The zero-order chi connectivity index (χ0) is 45.7. The Balaban J connectivity index is 1.35. The first kappa shape index (κ1) is 47.0. The van der Waals surface area contributed by atoms with Gasteiger partial charge in [0.1, 0.15) is 18.3 Å². The number of aliphatic hydroxyl groups excluding tert-OH is 1. The minimum Gasteiger partial charge on any atom is -0.455 e. The highest BCUT2D eigenvalue weighted by atomic mass is 32.2. The molecule has 0 aliphatic carbocycles. The van der Waals surface area contributed by atoms with Crippen LogP contribution in [0.3, 0.4) is 0 Å². The summed E-state index contributed by atoms with van der Waals surface area (Å²) in [4.78, 5) is 69.3. The number of aliphatic hydroxyl groups is 1. The van der Waals surface area contributed by atoms with Crippen LogP contribution in [0, 0.1) is 0 Å². The van der Waals surface area contributed by atoms with Crippen molar-refractivity contribution in [3.8, 4) is 0 Å². The third-order valence-corrected chi connectivity index (χ3v) is 12.4. The summed E-state index contributed by atoms with van der Waals surface area (Å²) in [5.41, 5.74) is 0.441. The van der Waals surface area contributed by atoms with Gasteiger partial charge in [0.2, 0.25) is 0 Å². The lowest BCUT2D eigenvalue weighted by atomic mass is 9.96. The van der Waals surface area contributed by atoms with Gasteiger partial charge in [-0.25, -0.2) is 14.4 Å². The molecule has 2 fully saturated rings. The SMILES string of the molecule is CC(=O)O[C@@H]1[C@@H](OC(C)=O)[C@@H](O)O[C@H](CSc2ccccc2)[C@H]1O[C@@H]1O[C@H](CSc2ccccc2)[C@H](OC(=O)c2ccccc2)[C@H](OC(=O)c2ccccc2)[C@H]1OC(=O)c1ccccc1. The molecule has 2 aliphatic heterocycles. The van der Waals surface area contributed by atoms with Gasteiger partial charge >= 0.3 is 29.8 Å². The fourth-order valence-electron chi connectivity index (χ4n) is 7.20. The molecule has 10 atom stereocenters. The number of carbonyl (C=O) groups excluding carboxylic acids is 5. The van der Waals surface area contributed by atoms with Crippen LogP contribution < -0.4 is 0 Å². The molecule has 0 amide bonds. The molecule has 2 saturated heterocycles. The van der Waals surface area contributed by atoms with E-state index in [0.29, 0.717) is 0 Å². The number of ether oxygens (including phenoxy) is 8. The van der Waals surface area contributed by atoms with Gasteiger partial charge in [0.15, 0.2) is 43.1 Å². The lowest BCUT2D eigenvalue weighted by molar-refractivity contribution is -0.346. The second kappa shape index (κ2) is 22.7. The van der Waals surface area contributed by atoms with Crippen molar-refractivity contribution in [2.45, 2.75) is 85.1 Å². The predicted octanol–water partition coefficient (Wildman–Crippen LogP) is 6.94. The van der Waals surface area contributed by atoms with Crippen LogP contribution in [0.4, 0.5) is 0 Å². The molecule has 0 bridgehead atoms. The lowest BCUT2D eigenvalue weighted by Gasteiger charge is -2.48. The molecular formula is C49H46O14S2. The first-order chi connectivity index (χ1) is 31.5. The molecule has 0 unspecified atom stereocenters. The molecule has 1 N–H and O–H groups in total. The van der Waals surface area contributed by atoms with Crippen LogP contribution >= 0.6 is 23.5 Å². The van der Waals surface area contributed by atoms with Crippen molar-refractivity contribution in [1.29, 1.82) is 0 Å². The highest BCUT2D eigenvalue weighted by molar-refractivity contribution is 7.99. The number of carbonyl (C=O) groups is 5. The third-order valence-electron chi connectivity index (χ3n) is 10.2. The van der Waals surface area contributed by atoms with Crippen LogP contribution in [0.25, 0.3) is 0 Å². The maximum atomic E-state index is 14.2. The monoisotopic (exact) mass is 922 g/mol. The van der Waals surface area contributed by atoms with E-state index in [9.17, 15) is 29.1 Å². The summed E-state index contributed by atoms with van der Waals surface area (Å²) in [6, 6.07) is 42.9. The Labute approximate surface area is 383 Å². The van der Waals surface area contributed by atoms with E-state index in [1.807, 2.05) is 60.7 Å². The summed E-state index contributed by atoms with van der Waals surface area (Å²) >= 11 is 2.68. The highest BCUT2D eigenvalue weighted by Gasteiger charge is 2.57. The predicted molar refractivity (Wildman–Crippen MR) is 237 cm³/mol. The minimum atomic E-state index is -1.78. The van der Waals surface area contributed by atoms with Gasteiger partial charge in [0, 0.05) is 35.1 Å². The summed E-state index contributed by atoms with van der Waals surface area (Å²) < 4.78 is 49.8. The molecule has 338 valence electrons. The normalized spacial score (nSPS) is 25.0. The Kier molecular flexibility index (Phi) is 16.4. The Bertz CT molecular complexity index is 2340. The minimum absolute atomic E-state index is 0.0754. The van der Waals surface area contributed by atoms with Crippen molar-refractivity contribution >= 4 is 53.4 Å². The van der Waals surface area contributed by atoms with E-state index >= 15 is 0 Å². The number of benzene rings is 5. The summed E-state index contributed by atoms with van der Waals surface area (Å²) in [5, 5.41) is 11.3. The summed E-state index contributed by atoms with van der Waals surface area (Å²) in [6.07, 6.45) is -15.0. The number of hydrogen-bond donors (Lipinski definition) is 1. The zero-order valence-electron chi connectivity index (χ0n) is 35.2. The molecule has 5 aromatic rings.